The highest BCUT2D eigenvalue weighted by Crippen LogP contribution is 2.25. The fraction of sp³-hybridized carbons (Fsp3) is 0. The van der Waals surface area contributed by atoms with Gasteiger partial charge >= 0.3 is 0 Å². The van der Waals surface area contributed by atoms with Gasteiger partial charge in [0.15, 0.2) is 0 Å². The second kappa shape index (κ2) is 6.10. The third-order valence-electron chi connectivity index (χ3n) is 3.36. The van der Waals surface area contributed by atoms with Crippen LogP contribution >= 0.6 is 0 Å². The Morgan fingerprint density at radius 1 is 0.682 bits per heavy atom. The number of hydrogen-bond acceptors (Lipinski definition) is 3. The molecule has 0 saturated carbocycles. The van der Waals surface area contributed by atoms with Crippen LogP contribution in [0.1, 0.15) is 0 Å². The zero-order valence-corrected chi connectivity index (χ0v) is 11.8. The Kier molecular flexibility index (Phi) is 3.83. The lowest BCUT2D eigenvalue weighted by atomic mass is 10.1. The number of hydrogen-bond donors (Lipinski definition) is 1. The summed E-state index contributed by atoms with van der Waals surface area (Å²) in [5.74, 6) is 0. The number of benzene rings is 3. The molecule has 3 aromatic carbocycles. The van der Waals surface area contributed by atoms with Gasteiger partial charge in [-0.2, -0.15) is 0 Å². The molecule has 0 heterocycles. The molecule has 3 rings (SSSR count). The van der Waals surface area contributed by atoms with Gasteiger partial charge in [-0.05, 0) is 47.5 Å². The van der Waals surface area contributed by atoms with Crippen molar-refractivity contribution >= 4 is 17.1 Å². The van der Waals surface area contributed by atoms with Gasteiger partial charge in [0.1, 0.15) is 0 Å². The maximum Gasteiger partial charge on any atom is 0.269 e. The summed E-state index contributed by atoms with van der Waals surface area (Å²) in [5, 5.41) is 14.0. The van der Waals surface area contributed by atoms with Gasteiger partial charge in [-0.25, -0.2) is 0 Å². The normalized spacial score (nSPS) is 10.2. The molecule has 22 heavy (non-hydrogen) atoms. The Hall–Kier alpha value is -3.14. The smallest absolute Gasteiger partial charge is 0.269 e. The first-order chi connectivity index (χ1) is 10.7. The van der Waals surface area contributed by atoms with E-state index in [9.17, 15) is 10.1 Å². The molecular weight excluding hydrogens is 276 g/mol. The molecule has 0 aliphatic carbocycles. The summed E-state index contributed by atoms with van der Waals surface area (Å²) in [4.78, 5) is 10.3. The second-order valence-electron chi connectivity index (χ2n) is 4.87. The van der Waals surface area contributed by atoms with Gasteiger partial charge in [-0.15, -0.1) is 0 Å². The molecule has 0 atom stereocenters. The van der Waals surface area contributed by atoms with Crippen LogP contribution in [0, 0.1) is 10.1 Å². The van der Waals surface area contributed by atoms with Crippen molar-refractivity contribution in [2.24, 2.45) is 0 Å². The molecular formula is C18H14N2O2. The molecule has 0 amide bonds. The van der Waals surface area contributed by atoms with Crippen LogP contribution in [0.3, 0.4) is 0 Å². The molecule has 1 N–H and O–H groups in total. The highest BCUT2D eigenvalue weighted by molar-refractivity contribution is 5.69. The summed E-state index contributed by atoms with van der Waals surface area (Å²) in [6.07, 6.45) is 0. The minimum Gasteiger partial charge on any atom is -0.356 e. The average molecular weight is 290 g/mol. The van der Waals surface area contributed by atoms with Gasteiger partial charge in [-0.3, -0.25) is 10.1 Å². The van der Waals surface area contributed by atoms with Crippen LogP contribution in [0.25, 0.3) is 11.1 Å². The summed E-state index contributed by atoms with van der Waals surface area (Å²) in [5.41, 5.74) is 4.11. The van der Waals surface area contributed by atoms with E-state index in [1.54, 1.807) is 12.1 Å². The standard InChI is InChI=1S/C18H14N2O2/c21-20(22)18-12-8-15(9-13-18)14-6-10-17(11-7-14)19-16-4-2-1-3-5-16/h1-13,19H. The largest absolute Gasteiger partial charge is 0.356 e. The van der Waals surface area contributed by atoms with Gasteiger partial charge < -0.3 is 5.32 Å². The first-order valence-corrected chi connectivity index (χ1v) is 6.89. The van der Waals surface area contributed by atoms with Gasteiger partial charge in [0.2, 0.25) is 0 Å². The summed E-state index contributed by atoms with van der Waals surface area (Å²) >= 11 is 0. The first-order valence-electron chi connectivity index (χ1n) is 6.89. The van der Waals surface area contributed by atoms with Crippen LogP contribution in [0.4, 0.5) is 17.1 Å². The Morgan fingerprint density at radius 2 is 1.18 bits per heavy atom. The minimum absolute atomic E-state index is 0.103. The molecule has 0 aromatic heterocycles. The lowest BCUT2D eigenvalue weighted by molar-refractivity contribution is -0.384. The summed E-state index contributed by atoms with van der Waals surface area (Å²) in [7, 11) is 0. The van der Waals surface area contributed by atoms with E-state index in [2.05, 4.69) is 5.32 Å². The van der Waals surface area contributed by atoms with Crippen LogP contribution < -0.4 is 5.32 Å². The molecule has 0 spiro atoms. The average Bonchev–Trinajstić information content (AvgIpc) is 2.57. The molecule has 0 unspecified atom stereocenters. The summed E-state index contributed by atoms with van der Waals surface area (Å²) in [6.45, 7) is 0. The molecule has 108 valence electrons. The van der Waals surface area contributed by atoms with E-state index >= 15 is 0 Å². The van der Waals surface area contributed by atoms with Crippen molar-refractivity contribution in [3.05, 3.63) is 89.0 Å². The van der Waals surface area contributed by atoms with Crippen LogP contribution in [-0.2, 0) is 0 Å². The van der Waals surface area contributed by atoms with E-state index in [1.807, 2.05) is 54.6 Å². The lowest BCUT2D eigenvalue weighted by Crippen LogP contribution is -1.90. The third-order valence-corrected chi connectivity index (χ3v) is 3.36. The van der Waals surface area contributed by atoms with Crippen molar-refractivity contribution in [3.8, 4) is 11.1 Å². The van der Waals surface area contributed by atoms with E-state index in [0.717, 1.165) is 22.5 Å². The summed E-state index contributed by atoms with van der Waals surface area (Å²) < 4.78 is 0. The maximum atomic E-state index is 10.7. The zero-order valence-electron chi connectivity index (χ0n) is 11.8. The van der Waals surface area contributed by atoms with E-state index in [-0.39, 0.29) is 5.69 Å². The van der Waals surface area contributed by atoms with Crippen molar-refractivity contribution in [2.45, 2.75) is 0 Å². The van der Waals surface area contributed by atoms with Gasteiger partial charge in [0, 0.05) is 23.5 Å². The maximum absolute atomic E-state index is 10.7. The molecule has 3 aromatic rings. The highest BCUT2D eigenvalue weighted by Gasteiger charge is 2.05. The zero-order chi connectivity index (χ0) is 15.4. The predicted molar refractivity (Wildman–Crippen MR) is 88.3 cm³/mol. The quantitative estimate of drug-likeness (QED) is 0.543. The molecule has 0 fully saturated rings. The third kappa shape index (κ3) is 3.12. The predicted octanol–water partition coefficient (Wildman–Crippen LogP) is 5.01. The Bertz CT molecular complexity index is 766. The van der Waals surface area contributed by atoms with Crippen LogP contribution in [-0.4, -0.2) is 4.92 Å². The van der Waals surface area contributed by atoms with Crippen molar-refractivity contribution in [2.75, 3.05) is 5.32 Å². The highest BCUT2D eigenvalue weighted by atomic mass is 16.6. The topological polar surface area (TPSA) is 55.2 Å². The second-order valence-corrected chi connectivity index (χ2v) is 4.87. The molecule has 0 radical (unpaired) electrons. The van der Waals surface area contributed by atoms with Gasteiger partial charge in [-0.1, -0.05) is 30.3 Å². The van der Waals surface area contributed by atoms with Gasteiger partial charge in [0.05, 0.1) is 4.92 Å². The lowest BCUT2D eigenvalue weighted by Gasteiger charge is -2.07. The van der Waals surface area contributed by atoms with Crippen molar-refractivity contribution < 1.29 is 4.92 Å². The van der Waals surface area contributed by atoms with Crippen LogP contribution in [0.15, 0.2) is 78.9 Å². The number of anilines is 2. The molecule has 4 heteroatoms. The molecule has 0 aliphatic heterocycles. The van der Waals surface area contributed by atoms with E-state index < -0.39 is 4.92 Å². The number of nitro benzene ring substituents is 1. The van der Waals surface area contributed by atoms with E-state index in [4.69, 9.17) is 0 Å². The molecule has 0 aliphatic rings. The minimum atomic E-state index is -0.392. The Labute approximate surface area is 128 Å². The fourth-order valence-corrected chi connectivity index (χ4v) is 2.21. The van der Waals surface area contributed by atoms with Gasteiger partial charge in [0.25, 0.3) is 5.69 Å². The Morgan fingerprint density at radius 3 is 1.73 bits per heavy atom. The van der Waals surface area contributed by atoms with Crippen molar-refractivity contribution in [1.82, 2.24) is 0 Å². The van der Waals surface area contributed by atoms with Crippen molar-refractivity contribution in [3.63, 3.8) is 0 Å². The Balaban J connectivity index is 1.77. The molecule has 0 saturated heterocycles. The number of nitrogens with zero attached hydrogens (tertiary/aromatic N) is 1. The molecule has 4 nitrogen and oxygen atoms in total. The number of para-hydroxylation sites is 1. The summed E-state index contributed by atoms with van der Waals surface area (Å²) in [6, 6.07) is 24.5. The number of rotatable bonds is 4. The van der Waals surface area contributed by atoms with E-state index in [0.29, 0.717) is 0 Å². The van der Waals surface area contributed by atoms with E-state index in [1.165, 1.54) is 12.1 Å². The van der Waals surface area contributed by atoms with Crippen LogP contribution in [0.5, 0.6) is 0 Å². The number of nitro groups is 1. The number of nitrogens with one attached hydrogen (secondary N) is 1. The fourth-order valence-electron chi connectivity index (χ4n) is 2.21. The molecule has 0 bridgehead atoms. The van der Waals surface area contributed by atoms with Crippen molar-refractivity contribution in [1.29, 1.82) is 0 Å². The first kappa shape index (κ1) is 13.8. The monoisotopic (exact) mass is 290 g/mol. The number of non-ortho nitro benzene ring substituents is 1. The van der Waals surface area contributed by atoms with Crippen LogP contribution in [0.2, 0.25) is 0 Å². The SMILES string of the molecule is O=[N+]([O-])c1ccc(-c2ccc(Nc3ccccc3)cc2)cc1.